The monoisotopic (exact) mass is 464 g/mol. The van der Waals surface area contributed by atoms with Crippen molar-refractivity contribution in [1.29, 1.82) is 0 Å². The quantitative estimate of drug-likeness (QED) is 0.487. The van der Waals surface area contributed by atoms with Crippen molar-refractivity contribution in [1.82, 2.24) is 10.2 Å². The summed E-state index contributed by atoms with van der Waals surface area (Å²) in [6.45, 7) is 8.51. The number of hydrogen-bond donors (Lipinski definition) is 1. The molecule has 0 radical (unpaired) electrons. The van der Waals surface area contributed by atoms with Crippen molar-refractivity contribution in [2.45, 2.75) is 90.8 Å². The Kier molecular flexibility index (Phi) is 9.55. The fourth-order valence-corrected chi connectivity index (χ4v) is 4.67. The average Bonchev–Trinajstić information content (AvgIpc) is 2.84. The second-order valence-electron chi connectivity index (χ2n) is 9.76. The maximum atomic E-state index is 13.5. The van der Waals surface area contributed by atoms with Crippen LogP contribution in [0.5, 0.6) is 5.75 Å². The van der Waals surface area contributed by atoms with Gasteiger partial charge in [-0.05, 0) is 49.3 Å². The van der Waals surface area contributed by atoms with Gasteiger partial charge in [0.2, 0.25) is 5.91 Å². The summed E-state index contributed by atoms with van der Waals surface area (Å²) in [5.74, 6) is 0.780. The van der Waals surface area contributed by atoms with Crippen molar-refractivity contribution >= 4 is 11.8 Å². The number of rotatable bonds is 10. The molecule has 2 aromatic carbocycles. The first-order valence-corrected chi connectivity index (χ1v) is 12.8. The molecule has 1 aliphatic rings. The molecule has 0 bridgehead atoms. The van der Waals surface area contributed by atoms with Gasteiger partial charge in [-0.15, -0.1) is 0 Å². The molecule has 1 saturated carbocycles. The van der Waals surface area contributed by atoms with Crippen molar-refractivity contribution < 1.29 is 14.3 Å². The second kappa shape index (κ2) is 12.6. The molecule has 0 spiro atoms. The minimum atomic E-state index is -0.528. The molecular weight excluding hydrogens is 424 g/mol. The van der Waals surface area contributed by atoms with E-state index in [2.05, 4.69) is 19.2 Å². The summed E-state index contributed by atoms with van der Waals surface area (Å²) in [5, 5.41) is 3.22. The Morgan fingerprint density at radius 2 is 1.71 bits per heavy atom. The number of benzene rings is 2. The van der Waals surface area contributed by atoms with E-state index in [1.54, 1.807) is 4.90 Å². The molecular formula is C29H40N2O3. The van der Waals surface area contributed by atoms with Gasteiger partial charge >= 0.3 is 0 Å². The van der Waals surface area contributed by atoms with E-state index >= 15 is 0 Å². The van der Waals surface area contributed by atoms with Gasteiger partial charge in [0.15, 0.2) is 6.61 Å². The molecule has 2 amide bonds. The standard InChI is InChI=1S/C29H40N2O3/c1-5-26(29(33)30-24-11-7-6-8-12-24)31(19-23-17-15-22(4)16-18-23)28(32)20-34-27-14-10-9-13-25(27)21(2)3/h9-10,13-18,21,24,26H,5-8,11-12,19-20H2,1-4H3,(H,30,33)/t26-/m0/s1. The lowest BCUT2D eigenvalue weighted by Crippen LogP contribution is -2.52. The number of hydrogen-bond acceptors (Lipinski definition) is 3. The SMILES string of the molecule is CC[C@@H](C(=O)NC1CCCCC1)N(Cc1ccc(C)cc1)C(=O)COc1ccccc1C(C)C. The van der Waals surface area contributed by atoms with Crippen molar-refractivity contribution in [3.05, 3.63) is 65.2 Å². The van der Waals surface area contributed by atoms with E-state index < -0.39 is 6.04 Å². The van der Waals surface area contributed by atoms with Crippen molar-refractivity contribution in [2.24, 2.45) is 0 Å². The predicted molar refractivity (Wildman–Crippen MR) is 137 cm³/mol. The molecule has 0 saturated heterocycles. The summed E-state index contributed by atoms with van der Waals surface area (Å²) in [7, 11) is 0. The highest BCUT2D eigenvalue weighted by Crippen LogP contribution is 2.26. The minimum absolute atomic E-state index is 0.0579. The van der Waals surface area contributed by atoms with E-state index in [4.69, 9.17) is 4.74 Å². The van der Waals surface area contributed by atoms with Crippen LogP contribution in [0.2, 0.25) is 0 Å². The largest absolute Gasteiger partial charge is 0.483 e. The van der Waals surface area contributed by atoms with Gasteiger partial charge in [-0.1, -0.05) is 88.1 Å². The van der Waals surface area contributed by atoms with Crippen LogP contribution in [0.15, 0.2) is 48.5 Å². The Morgan fingerprint density at radius 3 is 2.35 bits per heavy atom. The van der Waals surface area contributed by atoms with Crippen LogP contribution in [-0.2, 0) is 16.1 Å². The predicted octanol–water partition coefficient (Wildman–Crippen LogP) is 5.75. The lowest BCUT2D eigenvalue weighted by Gasteiger charge is -2.32. The minimum Gasteiger partial charge on any atom is -0.483 e. The smallest absolute Gasteiger partial charge is 0.261 e. The lowest BCUT2D eigenvalue weighted by molar-refractivity contribution is -0.143. The highest BCUT2D eigenvalue weighted by atomic mass is 16.5. The van der Waals surface area contributed by atoms with Crippen molar-refractivity contribution in [3.8, 4) is 5.75 Å². The molecule has 1 fully saturated rings. The maximum Gasteiger partial charge on any atom is 0.261 e. The number of para-hydroxylation sites is 1. The molecule has 0 aromatic heterocycles. The zero-order valence-electron chi connectivity index (χ0n) is 21.2. The number of carbonyl (C=O) groups excluding carboxylic acids is 2. The van der Waals surface area contributed by atoms with Gasteiger partial charge in [0.1, 0.15) is 11.8 Å². The number of nitrogens with one attached hydrogen (secondary N) is 1. The van der Waals surface area contributed by atoms with Crippen molar-refractivity contribution in [3.63, 3.8) is 0 Å². The van der Waals surface area contributed by atoms with Gasteiger partial charge in [-0.2, -0.15) is 0 Å². The molecule has 0 unspecified atom stereocenters. The molecule has 5 nitrogen and oxygen atoms in total. The first-order valence-electron chi connectivity index (χ1n) is 12.8. The Bertz CT molecular complexity index is 933. The molecule has 5 heteroatoms. The summed E-state index contributed by atoms with van der Waals surface area (Å²) in [5.41, 5.74) is 3.24. The summed E-state index contributed by atoms with van der Waals surface area (Å²) in [4.78, 5) is 28.5. The molecule has 3 rings (SSSR count). The molecule has 1 atom stereocenters. The number of amides is 2. The van der Waals surface area contributed by atoms with Crippen LogP contribution < -0.4 is 10.1 Å². The third-order valence-electron chi connectivity index (χ3n) is 6.70. The highest BCUT2D eigenvalue weighted by molar-refractivity contribution is 5.88. The van der Waals surface area contributed by atoms with Gasteiger partial charge in [-0.3, -0.25) is 9.59 Å². The van der Waals surface area contributed by atoms with Crippen LogP contribution in [-0.4, -0.2) is 35.4 Å². The molecule has 0 aliphatic heterocycles. The zero-order valence-corrected chi connectivity index (χ0v) is 21.2. The maximum absolute atomic E-state index is 13.5. The van der Waals surface area contributed by atoms with Crippen LogP contribution >= 0.6 is 0 Å². The Hall–Kier alpha value is -2.82. The Labute approximate surface area is 204 Å². The van der Waals surface area contributed by atoms with Gasteiger partial charge in [0.05, 0.1) is 0 Å². The second-order valence-corrected chi connectivity index (χ2v) is 9.76. The van der Waals surface area contributed by atoms with Crippen LogP contribution in [0.4, 0.5) is 0 Å². The van der Waals surface area contributed by atoms with Gasteiger partial charge in [-0.25, -0.2) is 0 Å². The zero-order chi connectivity index (χ0) is 24.5. The molecule has 2 aromatic rings. The molecule has 34 heavy (non-hydrogen) atoms. The molecule has 1 aliphatic carbocycles. The number of ether oxygens (including phenoxy) is 1. The fraction of sp³-hybridized carbons (Fsp3) is 0.517. The molecule has 1 N–H and O–H groups in total. The average molecular weight is 465 g/mol. The van der Waals surface area contributed by atoms with E-state index in [1.165, 1.54) is 6.42 Å². The summed E-state index contributed by atoms with van der Waals surface area (Å²) in [6, 6.07) is 15.6. The van der Waals surface area contributed by atoms with Crippen LogP contribution in [0, 0.1) is 6.92 Å². The highest BCUT2D eigenvalue weighted by Gasteiger charge is 2.30. The summed E-state index contributed by atoms with van der Waals surface area (Å²) in [6.07, 6.45) is 6.12. The lowest BCUT2D eigenvalue weighted by atomic mass is 9.95. The van der Waals surface area contributed by atoms with Crippen molar-refractivity contribution in [2.75, 3.05) is 6.61 Å². The topological polar surface area (TPSA) is 58.6 Å². The van der Waals surface area contributed by atoms with E-state index in [1.807, 2.05) is 62.4 Å². The Balaban J connectivity index is 1.77. The molecule has 0 heterocycles. The number of carbonyl (C=O) groups is 2. The summed E-state index contributed by atoms with van der Waals surface area (Å²) < 4.78 is 6.00. The van der Waals surface area contributed by atoms with Gasteiger partial charge < -0.3 is 15.0 Å². The normalized spacial score (nSPS) is 15.1. The van der Waals surface area contributed by atoms with Crippen LogP contribution in [0.3, 0.4) is 0 Å². The first-order chi connectivity index (χ1) is 16.4. The van der Waals surface area contributed by atoms with Crippen LogP contribution in [0.1, 0.15) is 81.9 Å². The third kappa shape index (κ3) is 7.09. The van der Waals surface area contributed by atoms with E-state index in [0.29, 0.717) is 18.9 Å². The van der Waals surface area contributed by atoms with E-state index in [0.717, 1.165) is 48.1 Å². The van der Waals surface area contributed by atoms with Crippen LogP contribution in [0.25, 0.3) is 0 Å². The number of nitrogens with zero attached hydrogens (tertiary/aromatic N) is 1. The number of aryl methyl sites for hydroxylation is 1. The summed E-state index contributed by atoms with van der Waals surface area (Å²) >= 11 is 0. The van der Waals surface area contributed by atoms with E-state index in [9.17, 15) is 9.59 Å². The van der Waals surface area contributed by atoms with Gasteiger partial charge in [0, 0.05) is 12.6 Å². The van der Waals surface area contributed by atoms with Gasteiger partial charge in [0.25, 0.3) is 5.91 Å². The third-order valence-corrected chi connectivity index (χ3v) is 6.70. The van der Waals surface area contributed by atoms with E-state index in [-0.39, 0.29) is 24.5 Å². The Morgan fingerprint density at radius 1 is 1.03 bits per heavy atom. The fourth-order valence-electron chi connectivity index (χ4n) is 4.67. The molecule has 184 valence electrons. The first kappa shape index (κ1) is 25.8.